The molecule has 9 heteroatoms. The SMILES string of the molecule is CO/N=C1\[C@H](OC(=O)CBr)[C@@H]2OC[C@@H](O2)[C@H]1O[Si](c1ccccc1)(c1ccccc1)C(C)(C)C. The first kappa shape index (κ1) is 25.1. The molecule has 4 atom stereocenters. The summed E-state index contributed by atoms with van der Waals surface area (Å²) in [5, 5.41) is 6.32. The second-order valence-corrected chi connectivity index (χ2v) is 14.1. The number of fused-ring (bicyclic) bond motifs is 2. The smallest absolute Gasteiger partial charge is 0.317 e. The van der Waals surface area contributed by atoms with Crippen molar-refractivity contribution in [2.24, 2.45) is 5.16 Å². The largest absolute Gasteiger partial charge is 0.450 e. The van der Waals surface area contributed by atoms with Crippen LogP contribution in [-0.2, 0) is 28.3 Å². The molecule has 2 aliphatic heterocycles. The highest BCUT2D eigenvalue weighted by atomic mass is 79.9. The number of oxime groups is 1. The third kappa shape index (κ3) is 4.59. The topological polar surface area (TPSA) is 75.6 Å². The highest BCUT2D eigenvalue weighted by Gasteiger charge is 2.58. The van der Waals surface area contributed by atoms with Crippen molar-refractivity contribution in [3.63, 3.8) is 0 Å². The first-order valence-electron chi connectivity index (χ1n) is 11.2. The average molecular weight is 549 g/mol. The Bertz CT molecular complexity index is 974. The van der Waals surface area contributed by atoms with Gasteiger partial charge in [0.1, 0.15) is 30.4 Å². The van der Waals surface area contributed by atoms with Crippen LogP contribution in [0.3, 0.4) is 0 Å². The van der Waals surface area contributed by atoms with E-state index in [2.05, 4.69) is 66.1 Å². The van der Waals surface area contributed by atoms with E-state index >= 15 is 0 Å². The third-order valence-corrected chi connectivity index (χ3v) is 11.7. The molecule has 0 saturated carbocycles. The van der Waals surface area contributed by atoms with Crippen molar-refractivity contribution in [2.75, 3.05) is 19.0 Å². The van der Waals surface area contributed by atoms with Crippen LogP contribution in [0.2, 0.25) is 5.04 Å². The highest BCUT2D eigenvalue weighted by Crippen LogP contribution is 2.40. The normalized spacial score (nSPS) is 25.9. The number of ether oxygens (including phenoxy) is 3. The molecule has 182 valence electrons. The summed E-state index contributed by atoms with van der Waals surface area (Å²) < 4.78 is 24.9. The van der Waals surface area contributed by atoms with Crippen LogP contribution in [0.15, 0.2) is 65.8 Å². The second kappa shape index (κ2) is 10.3. The van der Waals surface area contributed by atoms with Crippen molar-refractivity contribution in [1.29, 1.82) is 0 Å². The van der Waals surface area contributed by atoms with Crippen LogP contribution in [0.5, 0.6) is 0 Å². The molecule has 2 heterocycles. The van der Waals surface area contributed by atoms with Gasteiger partial charge >= 0.3 is 5.97 Å². The van der Waals surface area contributed by atoms with E-state index in [1.54, 1.807) is 0 Å². The lowest BCUT2D eigenvalue weighted by Crippen LogP contribution is -2.70. The van der Waals surface area contributed by atoms with E-state index in [1.165, 1.54) is 7.11 Å². The molecule has 2 fully saturated rings. The zero-order chi connectivity index (χ0) is 24.3. The number of carbonyl (C=O) groups is 1. The molecule has 0 aromatic heterocycles. The molecular weight excluding hydrogens is 518 g/mol. The van der Waals surface area contributed by atoms with Gasteiger partial charge in [0.05, 0.1) is 6.61 Å². The summed E-state index contributed by atoms with van der Waals surface area (Å²) in [5.74, 6) is -0.449. The van der Waals surface area contributed by atoms with Crippen LogP contribution in [0.25, 0.3) is 0 Å². The summed E-state index contributed by atoms with van der Waals surface area (Å²) in [6.45, 7) is 6.91. The first-order chi connectivity index (χ1) is 16.3. The number of hydrogen-bond acceptors (Lipinski definition) is 7. The summed E-state index contributed by atoms with van der Waals surface area (Å²) in [5.41, 5.74) is 0.462. The van der Waals surface area contributed by atoms with Crippen LogP contribution in [-0.4, -0.2) is 63.6 Å². The van der Waals surface area contributed by atoms with Crippen molar-refractivity contribution in [3.05, 3.63) is 60.7 Å². The molecule has 2 saturated heterocycles. The van der Waals surface area contributed by atoms with E-state index < -0.39 is 38.9 Å². The van der Waals surface area contributed by atoms with E-state index in [0.717, 1.165) is 10.4 Å². The molecule has 7 nitrogen and oxygen atoms in total. The van der Waals surface area contributed by atoms with Gasteiger partial charge in [-0.05, 0) is 15.4 Å². The molecule has 4 rings (SSSR count). The van der Waals surface area contributed by atoms with Gasteiger partial charge in [0.25, 0.3) is 8.32 Å². The molecule has 2 aromatic rings. The molecule has 0 amide bonds. The van der Waals surface area contributed by atoms with Crippen molar-refractivity contribution >= 4 is 46.3 Å². The second-order valence-electron chi connectivity index (χ2n) is 9.32. The van der Waals surface area contributed by atoms with E-state index in [1.807, 2.05) is 36.4 Å². The minimum Gasteiger partial charge on any atom is -0.450 e. The summed E-state index contributed by atoms with van der Waals surface area (Å²) in [6, 6.07) is 20.6. The Morgan fingerprint density at radius 3 is 2.15 bits per heavy atom. The molecule has 0 spiro atoms. The maximum absolute atomic E-state index is 12.2. The first-order valence-corrected chi connectivity index (χ1v) is 14.3. The Kier molecular flexibility index (Phi) is 7.59. The Balaban J connectivity index is 1.86. The maximum Gasteiger partial charge on any atom is 0.317 e. The van der Waals surface area contributed by atoms with E-state index in [4.69, 9.17) is 23.5 Å². The lowest BCUT2D eigenvalue weighted by Gasteiger charge is -2.47. The molecule has 2 aromatic carbocycles. The van der Waals surface area contributed by atoms with E-state index in [0.29, 0.717) is 12.3 Å². The predicted molar refractivity (Wildman–Crippen MR) is 135 cm³/mol. The number of carbonyl (C=O) groups excluding carboxylic acids is 1. The van der Waals surface area contributed by atoms with Crippen LogP contribution in [0.1, 0.15) is 20.8 Å². The Labute approximate surface area is 209 Å². The number of hydrogen-bond donors (Lipinski definition) is 0. The van der Waals surface area contributed by atoms with Gasteiger partial charge in [0.2, 0.25) is 6.29 Å². The van der Waals surface area contributed by atoms with Crippen LogP contribution >= 0.6 is 15.9 Å². The molecule has 34 heavy (non-hydrogen) atoms. The molecule has 2 bridgehead atoms. The molecule has 0 unspecified atom stereocenters. The zero-order valence-electron chi connectivity index (χ0n) is 19.8. The minimum absolute atomic E-state index is 0.0418. The van der Waals surface area contributed by atoms with E-state index in [-0.39, 0.29) is 10.4 Å². The zero-order valence-corrected chi connectivity index (χ0v) is 22.4. The number of rotatable bonds is 7. The standard InChI is InChI=1S/C25H30BrNO6Si/c1-25(2,3)34(17-11-7-5-8-12-17,18-13-9-6-10-14-18)33-22-19-16-30-24(31-19)23(21(22)27-29-4)32-20(28)15-26/h5-14,19,22-24H,15-16H2,1-4H3/b27-21-/t19-,22-,23+,24-/m1/s1. The number of nitrogens with zero attached hydrogens (tertiary/aromatic N) is 1. The van der Waals surface area contributed by atoms with Gasteiger partial charge in [-0.3, -0.25) is 4.79 Å². The molecule has 2 aliphatic rings. The van der Waals surface area contributed by atoms with Gasteiger partial charge in [-0.15, -0.1) is 0 Å². The lowest BCUT2D eigenvalue weighted by molar-refractivity contribution is -0.171. The van der Waals surface area contributed by atoms with Gasteiger partial charge in [0.15, 0.2) is 6.10 Å². The van der Waals surface area contributed by atoms with Crippen LogP contribution < -0.4 is 10.4 Å². The van der Waals surface area contributed by atoms with Crippen molar-refractivity contribution < 1.29 is 28.3 Å². The monoisotopic (exact) mass is 547 g/mol. The summed E-state index contributed by atoms with van der Waals surface area (Å²) >= 11 is 3.15. The van der Waals surface area contributed by atoms with Crippen LogP contribution in [0.4, 0.5) is 0 Å². The Morgan fingerprint density at radius 1 is 1.06 bits per heavy atom. The van der Waals surface area contributed by atoms with Gasteiger partial charge in [-0.2, -0.15) is 0 Å². The lowest BCUT2D eigenvalue weighted by atomic mass is 10.0. The van der Waals surface area contributed by atoms with Gasteiger partial charge in [-0.25, -0.2) is 0 Å². The quantitative estimate of drug-likeness (QED) is 0.229. The maximum atomic E-state index is 12.2. The Hall–Kier alpha value is -2.04. The summed E-state index contributed by atoms with van der Waals surface area (Å²) in [6.07, 6.45) is -2.65. The van der Waals surface area contributed by atoms with Gasteiger partial charge in [0, 0.05) is 0 Å². The van der Waals surface area contributed by atoms with Gasteiger partial charge < -0.3 is 23.5 Å². The van der Waals surface area contributed by atoms with Crippen LogP contribution in [0, 0.1) is 0 Å². The number of esters is 1. The van der Waals surface area contributed by atoms with Crippen molar-refractivity contribution in [3.8, 4) is 0 Å². The summed E-state index contributed by atoms with van der Waals surface area (Å²) in [7, 11) is -1.48. The van der Waals surface area contributed by atoms with E-state index in [9.17, 15) is 4.79 Å². The third-order valence-electron chi connectivity index (χ3n) is 6.19. The molecule has 0 radical (unpaired) electrons. The van der Waals surface area contributed by atoms with Gasteiger partial charge in [-0.1, -0.05) is 103 Å². The highest BCUT2D eigenvalue weighted by molar-refractivity contribution is 9.09. The summed E-state index contributed by atoms with van der Waals surface area (Å²) in [4.78, 5) is 17.4. The average Bonchev–Trinajstić information content (AvgIpc) is 3.27. The molecular formula is C25H30BrNO6Si. The number of halogens is 1. The minimum atomic E-state index is -2.95. The fourth-order valence-electron chi connectivity index (χ4n) is 4.77. The fourth-order valence-corrected chi connectivity index (χ4v) is 9.57. The van der Waals surface area contributed by atoms with Crippen molar-refractivity contribution in [2.45, 2.75) is 50.4 Å². The Morgan fingerprint density at radius 2 is 1.65 bits per heavy atom. The molecule has 0 aliphatic carbocycles. The number of alkyl halides is 1. The predicted octanol–water partition coefficient (Wildman–Crippen LogP) is 3.00. The fraction of sp³-hybridized carbons (Fsp3) is 0.440. The number of benzene rings is 2. The van der Waals surface area contributed by atoms with Crippen molar-refractivity contribution in [1.82, 2.24) is 0 Å². The molecule has 0 N–H and O–H groups in total.